The fourth-order valence-corrected chi connectivity index (χ4v) is 2.24. The maximum absolute atomic E-state index is 12.5. The van der Waals surface area contributed by atoms with Crippen molar-refractivity contribution in [2.75, 3.05) is 0 Å². The van der Waals surface area contributed by atoms with E-state index in [1.807, 2.05) is 0 Å². The largest absolute Gasteiger partial charge is 0.376 e. The van der Waals surface area contributed by atoms with Crippen molar-refractivity contribution in [3.8, 4) is 0 Å². The molecule has 0 aliphatic heterocycles. The molecule has 9 heteroatoms. The number of hydrogen-bond donors (Lipinski definition) is 1. The van der Waals surface area contributed by atoms with E-state index in [9.17, 15) is 9.90 Å². The first-order valence-corrected chi connectivity index (χ1v) is 7.17. The third-order valence-electron chi connectivity index (χ3n) is 2.81. The van der Waals surface area contributed by atoms with Gasteiger partial charge in [0.2, 0.25) is 9.58 Å². The maximum Gasteiger partial charge on any atom is 0.228 e. The summed E-state index contributed by atoms with van der Waals surface area (Å²) >= 11 is 23.2. The molecule has 1 aromatic heterocycles. The molecule has 1 aromatic carbocycles. The summed E-state index contributed by atoms with van der Waals surface area (Å²) in [5, 5.41) is 14.9. The molecule has 1 unspecified atom stereocenters. The maximum atomic E-state index is 12.5. The molecule has 1 heterocycles. The quantitative estimate of drug-likeness (QED) is 0.665. The number of benzene rings is 1. The molecular weight excluding hydrogens is 360 g/mol. The Kier molecular flexibility index (Phi) is 4.80. The molecule has 0 bridgehead atoms. The lowest BCUT2D eigenvalue weighted by Crippen LogP contribution is -2.53. The first kappa shape index (κ1) is 16.5. The molecule has 0 radical (unpaired) electrons. The van der Waals surface area contributed by atoms with Crippen LogP contribution in [0.2, 0.25) is 5.02 Å². The number of Topliss-reactive ketones (excluding diaryl/α,β-unsaturated/α-hetero) is 1. The fraction of sp³-hybridized carbons (Fsp3) is 0.250. The molecule has 1 atom stereocenters. The van der Waals surface area contributed by atoms with Gasteiger partial charge in [0.25, 0.3) is 0 Å². The molecule has 0 saturated heterocycles. The second kappa shape index (κ2) is 6.10. The summed E-state index contributed by atoms with van der Waals surface area (Å²) in [7, 11) is 0. The van der Waals surface area contributed by atoms with E-state index in [2.05, 4.69) is 10.1 Å². The Bertz CT molecular complexity index is 625. The number of aliphatic hydroxyl groups is 1. The Morgan fingerprint density at radius 2 is 1.86 bits per heavy atom. The Balaban J connectivity index is 2.40. The van der Waals surface area contributed by atoms with Gasteiger partial charge in [-0.2, -0.15) is 5.10 Å². The zero-order valence-corrected chi connectivity index (χ0v) is 13.4. The van der Waals surface area contributed by atoms with Gasteiger partial charge in [0.15, 0.2) is 5.60 Å². The number of hydrogen-bond acceptors (Lipinski definition) is 4. The molecule has 5 nitrogen and oxygen atoms in total. The van der Waals surface area contributed by atoms with Crippen LogP contribution in [0.5, 0.6) is 0 Å². The molecule has 0 amide bonds. The Labute approximate surface area is 140 Å². The second-order valence-electron chi connectivity index (χ2n) is 4.29. The summed E-state index contributed by atoms with van der Waals surface area (Å²) < 4.78 is -1.05. The third-order valence-corrected chi connectivity index (χ3v) is 4.00. The predicted octanol–water partition coefficient (Wildman–Crippen LogP) is 2.92. The van der Waals surface area contributed by atoms with E-state index in [-0.39, 0.29) is 12.1 Å². The lowest BCUT2D eigenvalue weighted by Gasteiger charge is -2.32. The van der Waals surface area contributed by atoms with Crippen molar-refractivity contribution < 1.29 is 9.90 Å². The molecule has 0 saturated carbocycles. The summed E-state index contributed by atoms with van der Waals surface area (Å²) in [6, 6.07) is 5.88. The lowest BCUT2D eigenvalue weighted by molar-refractivity contribution is 0.0226. The highest BCUT2D eigenvalue weighted by Crippen LogP contribution is 2.41. The molecule has 0 spiro atoms. The van der Waals surface area contributed by atoms with Crippen molar-refractivity contribution in [3.05, 3.63) is 47.5 Å². The van der Waals surface area contributed by atoms with Gasteiger partial charge in [-0.1, -0.05) is 46.4 Å². The van der Waals surface area contributed by atoms with Gasteiger partial charge >= 0.3 is 0 Å². The molecule has 2 aromatic rings. The van der Waals surface area contributed by atoms with Gasteiger partial charge in [0, 0.05) is 10.6 Å². The van der Waals surface area contributed by atoms with Crippen molar-refractivity contribution in [1.82, 2.24) is 14.8 Å². The monoisotopic (exact) mass is 367 g/mol. The number of carbonyl (C=O) groups is 1. The van der Waals surface area contributed by atoms with Crippen molar-refractivity contribution in [2.24, 2.45) is 0 Å². The number of ketones is 1. The topological polar surface area (TPSA) is 68.0 Å². The Morgan fingerprint density at radius 3 is 2.33 bits per heavy atom. The van der Waals surface area contributed by atoms with E-state index in [1.165, 1.54) is 41.6 Å². The highest BCUT2D eigenvalue weighted by atomic mass is 35.6. The van der Waals surface area contributed by atoms with Crippen LogP contribution in [0.15, 0.2) is 36.9 Å². The third kappa shape index (κ3) is 3.49. The molecular formula is C12H9Cl4N3O2. The Hall–Kier alpha value is -0.850. The van der Waals surface area contributed by atoms with Gasteiger partial charge in [0.1, 0.15) is 12.7 Å². The lowest BCUT2D eigenvalue weighted by atomic mass is 9.94. The van der Waals surface area contributed by atoms with E-state index in [0.29, 0.717) is 5.02 Å². The highest BCUT2D eigenvalue weighted by Gasteiger charge is 2.53. The molecule has 0 aliphatic rings. The van der Waals surface area contributed by atoms with Crippen molar-refractivity contribution in [1.29, 1.82) is 0 Å². The number of nitrogens with zero attached hydrogens (tertiary/aromatic N) is 3. The first-order chi connectivity index (χ1) is 9.74. The van der Waals surface area contributed by atoms with Gasteiger partial charge in [0.05, 0.1) is 6.54 Å². The van der Waals surface area contributed by atoms with E-state index >= 15 is 0 Å². The zero-order valence-electron chi connectivity index (χ0n) is 10.4. The highest BCUT2D eigenvalue weighted by molar-refractivity contribution is 6.69. The van der Waals surface area contributed by atoms with E-state index < -0.39 is 15.2 Å². The van der Waals surface area contributed by atoms with Crippen LogP contribution in [0, 0.1) is 0 Å². The summed E-state index contributed by atoms with van der Waals surface area (Å²) in [6.45, 7) is -0.356. The number of halogens is 4. The number of alkyl halides is 3. The Morgan fingerprint density at radius 1 is 1.24 bits per heavy atom. The number of rotatable bonds is 4. The SMILES string of the molecule is O=C(c1ccc(Cl)cc1)C(O)(Cn1cncn1)C(Cl)(Cl)Cl. The summed E-state index contributed by atoms with van der Waals surface area (Å²) in [6.07, 6.45) is 2.54. The van der Waals surface area contributed by atoms with Crippen LogP contribution in [0.4, 0.5) is 0 Å². The van der Waals surface area contributed by atoms with Crippen LogP contribution in [0.3, 0.4) is 0 Å². The average molecular weight is 369 g/mol. The van der Waals surface area contributed by atoms with Crippen LogP contribution in [-0.4, -0.2) is 35.0 Å². The number of aromatic nitrogens is 3. The van der Waals surface area contributed by atoms with Gasteiger partial charge in [-0.15, -0.1) is 0 Å². The smallest absolute Gasteiger partial charge is 0.228 e. The van der Waals surface area contributed by atoms with Gasteiger partial charge in [-0.3, -0.25) is 4.79 Å². The van der Waals surface area contributed by atoms with Crippen LogP contribution in [0.1, 0.15) is 10.4 Å². The van der Waals surface area contributed by atoms with Crippen LogP contribution >= 0.6 is 46.4 Å². The number of carbonyl (C=O) groups excluding carboxylic acids is 1. The molecule has 2 rings (SSSR count). The van der Waals surface area contributed by atoms with Gasteiger partial charge in [-0.25, -0.2) is 9.67 Å². The minimum Gasteiger partial charge on any atom is -0.376 e. The van der Waals surface area contributed by atoms with E-state index in [0.717, 1.165) is 0 Å². The first-order valence-electron chi connectivity index (χ1n) is 5.66. The summed E-state index contributed by atoms with van der Waals surface area (Å²) in [4.78, 5) is 16.3. The fourth-order valence-electron chi connectivity index (χ4n) is 1.68. The summed E-state index contributed by atoms with van der Waals surface area (Å²) in [5.41, 5.74) is -2.15. The van der Waals surface area contributed by atoms with Crippen molar-refractivity contribution in [3.63, 3.8) is 0 Å². The van der Waals surface area contributed by atoms with E-state index in [4.69, 9.17) is 46.4 Å². The normalized spacial score (nSPS) is 14.7. The van der Waals surface area contributed by atoms with E-state index in [1.54, 1.807) is 0 Å². The van der Waals surface area contributed by atoms with Crippen molar-refractivity contribution in [2.45, 2.75) is 15.9 Å². The standard InChI is InChI=1S/C12H9Cl4N3O2/c13-9-3-1-8(2-4-9)10(20)11(21,12(14,15)16)5-19-7-17-6-18-19/h1-4,6-7,21H,5H2. The van der Waals surface area contributed by atoms with Crippen LogP contribution in [0.25, 0.3) is 0 Å². The molecule has 21 heavy (non-hydrogen) atoms. The minimum absolute atomic E-state index is 0.161. The summed E-state index contributed by atoms with van der Waals surface area (Å²) in [5.74, 6) is -0.755. The second-order valence-corrected chi connectivity index (χ2v) is 7.00. The zero-order chi connectivity index (χ0) is 15.7. The minimum atomic E-state index is -2.31. The average Bonchev–Trinajstić information content (AvgIpc) is 2.90. The predicted molar refractivity (Wildman–Crippen MR) is 81.0 cm³/mol. The molecule has 112 valence electrons. The van der Waals surface area contributed by atoms with Crippen molar-refractivity contribution >= 4 is 52.2 Å². The molecule has 1 N–H and O–H groups in total. The van der Waals surface area contributed by atoms with Crippen LogP contribution < -0.4 is 0 Å². The van der Waals surface area contributed by atoms with Gasteiger partial charge < -0.3 is 5.11 Å². The van der Waals surface area contributed by atoms with Gasteiger partial charge in [-0.05, 0) is 24.3 Å². The molecule has 0 aliphatic carbocycles. The molecule has 0 fully saturated rings. The van der Waals surface area contributed by atoms with Crippen LogP contribution in [-0.2, 0) is 6.54 Å².